The van der Waals surface area contributed by atoms with Gasteiger partial charge >= 0.3 is 5.97 Å². The van der Waals surface area contributed by atoms with E-state index in [2.05, 4.69) is 6.58 Å². The maximum atomic E-state index is 11.0. The van der Waals surface area contributed by atoms with Crippen molar-refractivity contribution in [2.75, 3.05) is 0 Å². The van der Waals surface area contributed by atoms with Crippen molar-refractivity contribution in [3.63, 3.8) is 0 Å². The fourth-order valence-corrected chi connectivity index (χ4v) is 0.961. The highest BCUT2D eigenvalue weighted by atomic mass is 16.5. The molecule has 1 aliphatic carbocycles. The largest absolute Gasteiger partial charge is 0.428 e. The van der Waals surface area contributed by atoms with Crippen molar-refractivity contribution in [3.8, 4) is 0 Å². The van der Waals surface area contributed by atoms with Crippen molar-refractivity contribution in [3.05, 3.63) is 36.6 Å². The van der Waals surface area contributed by atoms with Gasteiger partial charge in [0.25, 0.3) is 0 Å². The molecule has 0 saturated heterocycles. The molecular formula is C10H10O3. The fourth-order valence-electron chi connectivity index (χ4n) is 0.961. The van der Waals surface area contributed by atoms with Crippen LogP contribution in [0.5, 0.6) is 0 Å². The summed E-state index contributed by atoms with van der Waals surface area (Å²) in [6.07, 6.45) is 6.55. The van der Waals surface area contributed by atoms with Gasteiger partial charge in [0, 0.05) is 25.0 Å². The summed E-state index contributed by atoms with van der Waals surface area (Å²) in [5, 5.41) is 0. The number of hydrogen-bond donors (Lipinski definition) is 0. The SMILES string of the molecule is C=C/C=C/C(=O)OC1=CC(=O)CC1. The molecule has 1 rings (SSSR count). The summed E-state index contributed by atoms with van der Waals surface area (Å²) < 4.78 is 4.85. The van der Waals surface area contributed by atoms with Gasteiger partial charge in [-0.15, -0.1) is 0 Å². The third-order valence-corrected chi connectivity index (χ3v) is 1.54. The number of carbonyl (C=O) groups is 2. The number of allylic oxidation sites excluding steroid dienone is 4. The Morgan fingerprint density at radius 1 is 1.54 bits per heavy atom. The van der Waals surface area contributed by atoms with Crippen LogP contribution in [0.4, 0.5) is 0 Å². The molecule has 0 amide bonds. The molecule has 0 bridgehead atoms. The standard InChI is InChI=1S/C10H10O3/c1-2-3-4-10(12)13-9-6-5-8(11)7-9/h2-4,7H,1,5-6H2/b4-3+. The first kappa shape index (κ1) is 9.45. The van der Waals surface area contributed by atoms with Gasteiger partial charge in [0.05, 0.1) is 0 Å². The van der Waals surface area contributed by atoms with E-state index in [1.165, 1.54) is 24.3 Å². The van der Waals surface area contributed by atoms with Crippen molar-refractivity contribution in [2.45, 2.75) is 12.8 Å². The van der Waals surface area contributed by atoms with Crippen molar-refractivity contribution < 1.29 is 14.3 Å². The molecule has 0 atom stereocenters. The fraction of sp³-hybridized carbons (Fsp3) is 0.200. The highest BCUT2D eigenvalue weighted by Gasteiger charge is 2.14. The van der Waals surface area contributed by atoms with Crippen molar-refractivity contribution in [1.82, 2.24) is 0 Å². The van der Waals surface area contributed by atoms with Crippen LogP contribution in [0.1, 0.15) is 12.8 Å². The summed E-state index contributed by atoms with van der Waals surface area (Å²) in [5.74, 6) is -0.0138. The second-order valence-corrected chi connectivity index (χ2v) is 2.59. The predicted molar refractivity (Wildman–Crippen MR) is 47.8 cm³/mol. The molecule has 13 heavy (non-hydrogen) atoms. The van der Waals surface area contributed by atoms with Crippen molar-refractivity contribution in [1.29, 1.82) is 0 Å². The summed E-state index contributed by atoms with van der Waals surface area (Å²) in [6.45, 7) is 3.41. The smallest absolute Gasteiger partial charge is 0.335 e. The lowest BCUT2D eigenvalue weighted by Crippen LogP contribution is -1.98. The minimum atomic E-state index is -0.471. The van der Waals surface area contributed by atoms with E-state index in [-0.39, 0.29) is 5.78 Å². The van der Waals surface area contributed by atoms with Gasteiger partial charge in [-0.05, 0) is 0 Å². The molecule has 0 fully saturated rings. The van der Waals surface area contributed by atoms with Crippen LogP contribution in [-0.4, -0.2) is 11.8 Å². The molecule has 68 valence electrons. The summed E-state index contributed by atoms with van der Waals surface area (Å²) >= 11 is 0. The maximum Gasteiger partial charge on any atom is 0.335 e. The molecule has 0 radical (unpaired) electrons. The Kier molecular flexibility index (Phi) is 3.20. The number of esters is 1. The van der Waals surface area contributed by atoms with Crippen molar-refractivity contribution >= 4 is 11.8 Å². The quantitative estimate of drug-likeness (QED) is 0.374. The van der Waals surface area contributed by atoms with Gasteiger partial charge in [-0.1, -0.05) is 18.7 Å². The zero-order chi connectivity index (χ0) is 9.68. The number of rotatable bonds is 3. The number of ketones is 1. The average molecular weight is 178 g/mol. The van der Waals surface area contributed by atoms with Crippen LogP contribution >= 0.6 is 0 Å². The van der Waals surface area contributed by atoms with Gasteiger partial charge in [-0.3, -0.25) is 4.79 Å². The predicted octanol–water partition coefficient (Wildman–Crippen LogP) is 1.52. The number of carbonyl (C=O) groups excluding carboxylic acids is 2. The Labute approximate surface area is 76.4 Å². The molecule has 0 N–H and O–H groups in total. The highest BCUT2D eigenvalue weighted by Crippen LogP contribution is 2.15. The number of ether oxygens (including phenoxy) is 1. The average Bonchev–Trinajstić information content (AvgIpc) is 2.48. The van der Waals surface area contributed by atoms with Gasteiger partial charge in [0.1, 0.15) is 5.76 Å². The summed E-state index contributed by atoms with van der Waals surface area (Å²) in [6, 6.07) is 0. The molecule has 0 aromatic heterocycles. The van der Waals surface area contributed by atoms with Crippen LogP contribution < -0.4 is 0 Å². The van der Waals surface area contributed by atoms with Gasteiger partial charge in [0.2, 0.25) is 0 Å². The molecule has 3 heteroatoms. The van der Waals surface area contributed by atoms with Crippen LogP contribution in [0.3, 0.4) is 0 Å². The topological polar surface area (TPSA) is 43.4 Å². The van der Waals surface area contributed by atoms with Crippen molar-refractivity contribution in [2.24, 2.45) is 0 Å². The molecule has 0 aromatic carbocycles. The minimum Gasteiger partial charge on any atom is -0.428 e. The maximum absolute atomic E-state index is 11.0. The third-order valence-electron chi connectivity index (χ3n) is 1.54. The zero-order valence-electron chi connectivity index (χ0n) is 7.16. The Hall–Kier alpha value is -1.64. The summed E-state index contributed by atoms with van der Waals surface area (Å²) in [4.78, 5) is 21.7. The van der Waals surface area contributed by atoms with Gasteiger partial charge in [-0.25, -0.2) is 4.79 Å². The summed E-state index contributed by atoms with van der Waals surface area (Å²) in [7, 11) is 0. The molecule has 0 spiro atoms. The molecule has 0 unspecified atom stereocenters. The first-order chi connectivity index (χ1) is 6.22. The van der Waals surface area contributed by atoms with E-state index in [4.69, 9.17) is 4.74 Å². The van der Waals surface area contributed by atoms with E-state index < -0.39 is 5.97 Å². The first-order valence-corrected chi connectivity index (χ1v) is 3.96. The first-order valence-electron chi connectivity index (χ1n) is 3.96. The highest BCUT2D eigenvalue weighted by molar-refractivity contribution is 5.93. The monoisotopic (exact) mass is 178 g/mol. The minimum absolute atomic E-state index is 0.00972. The molecular weight excluding hydrogens is 168 g/mol. The van der Waals surface area contributed by atoms with E-state index in [0.29, 0.717) is 18.6 Å². The second kappa shape index (κ2) is 4.40. The van der Waals surface area contributed by atoms with E-state index in [1.54, 1.807) is 0 Å². The van der Waals surface area contributed by atoms with Crippen LogP contribution in [-0.2, 0) is 14.3 Å². The Bertz CT molecular complexity index is 297. The van der Waals surface area contributed by atoms with E-state index >= 15 is 0 Å². The Morgan fingerprint density at radius 3 is 2.85 bits per heavy atom. The molecule has 3 nitrogen and oxygen atoms in total. The normalized spacial score (nSPS) is 16.0. The lowest BCUT2D eigenvalue weighted by molar-refractivity contribution is -0.133. The van der Waals surface area contributed by atoms with Crippen LogP contribution in [0.2, 0.25) is 0 Å². The zero-order valence-corrected chi connectivity index (χ0v) is 7.16. The Morgan fingerprint density at radius 2 is 2.31 bits per heavy atom. The molecule has 0 aromatic rings. The lowest BCUT2D eigenvalue weighted by atomic mass is 10.3. The van der Waals surface area contributed by atoms with E-state index in [1.807, 2.05) is 0 Å². The van der Waals surface area contributed by atoms with E-state index in [9.17, 15) is 9.59 Å². The summed E-state index contributed by atoms with van der Waals surface area (Å²) in [5.41, 5.74) is 0. The molecule has 0 saturated carbocycles. The van der Waals surface area contributed by atoms with Crippen LogP contribution in [0, 0.1) is 0 Å². The Balaban J connectivity index is 2.45. The molecule has 0 heterocycles. The van der Waals surface area contributed by atoms with Crippen LogP contribution in [0.25, 0.3) is 0 Å². The van der Waals surface area contributed by atoms with E-state index in [0.717, 1.165) is 0 Å². The number of hydrogen-bond acceptors (Lipinski definition) is 3. The third kappa shape index (κ3) is 3.07. The van der Waals surface area contributed by atoms with Crippen LogP contribution in [0.15, 0.2) is 36.6 Å². The lowest BCUT2D eigenvalue weighted by Gasteiger charge is -1.98. The molecule has 0 aliphatic heterocycles. The van der Waals surface area contributed by atoms with Gasteiger partial charge in [0.15, 0.2) is 5.78 Å². The van der Waals surface area contributed by atoms with Gasteiger partial charge < -0.3 is 4.74 Å². The second-order valence-electron chi connectivity index (χ2n) is 2.59. The molecule has 1 aliphatic rings. The van der Waals surface area contributed by atoms with Gasteiger partial charge in [-0.2, -0.15) is 0 Å².